The predicted molar refractivity (Wildman–Crippen MR) is 132 cm³/mol. The van der Waals surface area contributed by atoms with Crippen molar-refractivity contribution in [3.8, 4) is 5.75 Å². The third-order valence-electron chi connectivity index (χ3n) is 6.28. The van der Waals surface area contributed by atoms with E-state index < -0.39 is 6.04 Å². The molecule has 1 aliphatic rings. The fourth-order valence-electron chi connectivity index (χ4n) is 4.27. The van der Waals surface area contributed by atoms with Crippen molar-refractivity contribution in [2.45, 2.75) is 33.0 Å². The molecule has 1 atom stereocenters. The van der Waals surface area contributed by atoms with E-state index in [4.69, 9.17) is 14.7 Å². The van der Waals surface area contributed by atoms with Crippen molar-refractivity contribution in [3.63, 3.8) is 0 Å². The van der Waals surface area contributed by atoms with Crippen molar-refractivity contribution >= 4 is 22.7 Å². The number of hydrogen-bond donors (Lipinski definition) is 2. The zero-order valence-corrected chi connectivity index (χ0v) is 20.1. The molecule has 2 aromatic carbocycles. The SMILES string of the molecule is COC(=O)[C@@H](Nc1nc(CN2CCN(Cc3ccccc3O)CC2)nc2ccccc12)C(C)C. The molecule has 8 nitrogen and oxygen atoms in total. The number of rotatable bonds is 8. The maximum Gasteiger partial charge on any atom is 0.328 e. The maximum atomic E-state index is 12.3. The van der Waals surface area contributed by atoms with Gasteiger partial charge in [0.05, 0.1) is 19.2 Å². The van der Waals surface area contributed by atoms with E-state index >= 15 is 0 Å². The van der Waals surface area contributed by atoms with Crippen LogP contribution in [0.4, 0.5) is 5.82 Å². The number of piperazine rings is 1. The number of nitrogens with one attached hydrogen (secondary N) is 1. The molecule has 0 radical (unpaired) electrons. The van der Waals surface area contributed by atoms with Gasteiger partial charge in [0.1, 0.15) is 23.4 Å². The van der Waals surface area contributed by atoms with Gasteiger partial charge in [-0.05, 0) is 24.1 Å². The van der Waals surface area contributed by atoms with Gasteiger partial charge in [-0.15, -0.1) is 0 Å². The van der Waals surface area contributed by atoms with Gasteiger partial charge in [0.25, 0.3) is 0 Å². The first-order valence-electron chi connectivity index (χ1n) is 11.8. The van der Waals surface area contributed by atoms with Crippen LogP contribution >= 0.6 is 0 Å². The fraction of sp³-hybridized carbons (Fsp3) is 0.423. The second-order valence-corrected chi connectivity index (χ2v) is 9.08. The number of aromatic nitrogens is 2. The van der Waals surface area contributed by atoms with Crippen LogP contribution in [0.1, 0.15) is 25.2 Å². The Balaban J connectivity index is 1.46. The lowest BCUT2D eigenvalue weighted by Crippen LogP contribution is -2.45. The quantitative estimate of drug-likeness (QED) is 0.492. The molecule has 1 aliphatic heterocycles. The number of phenols is 1. The molecule has 0 aliphatic carbocycles. The number of fused-ring (bicyclic) bond motifs is 1. The van der Waals surface area contributed by atoms with Crippen LogP contribution in [0.25, 0.3) is 10.9 Å². The predicted octanol–water partition coefficient (Wildman–Crippen LogP) is 3.26. The summed E-state index contributed by atoms with van der Waals surface area (Å²) in [7, 11) is 1.40. The molecule has 180 valence electrons. The van der Waals surface area contributed by atoms with E-state index in [1.54, 1.807) is 6.07 Å². The van der Waals surface area contributed by atoms with Gasteiger partial charge in [-0.25, -0.2) is 14.8 Å². The highest BCUT2D eigenvalue weighted by atomic mass is 16.5. The van der Waals surface area contributed by atoms with Crippen molar-refractivity contribution in [1.82, 2.24) is 19.8 Å². The highest BCUT2D eigenvalue weighted by Gasteiger charge is 2.25. The topological polar surface area (TPSA) is 90.8 Å². The van der Waals surface area contributed by atoms with Gasteiger partial charge in [0.2, 0.25) is 0 Å². The smallest absolute Gasteiger partial charge is 0.328 e. The Kier molecular flexibility index (Phi) is 7.59. The van der Waals surface area contributed by atoms with E-state index in [2.05, 4.69) is 15.1 Å². The number of carbonyl (C=O) groups excluding carboxylic acids is 1. The van der Waals surface area contributed by atoms with Gasteiger partial charge in [-0.1, -0.05) is 44.2 Å². The zero-order chi connectivity index (χ0) is 24.1. The summed E-state index contributed by atoms with van der Waals surface area (Å²) in [5.41, 5.74) is 1.80. The van der Waals surface area contributed by atoms with E-state index in [0.29, 0.717) is 18.1 Å². The highest BCUT2D eigenvalue weighted by Crippen LogP contribution is 2.24. The molecule has 0 saturated carbocycles. The van der Waals surface area contributed by atoms with E-state index in [9.17, 15) is 9.90 Å². The summed E-state index contributed by atoms with van der Waals surface area (Å²) < 4.78 is 5.00. The molecular formula is C26H33N5O3. The minimum atomic E-state index is -0.492. The van der Waals surface area contributed by atoms with Gasteiger partial charge < -0.3 is 15.2 Å². The minimum Gasteiger partial charge on any atom is -0.508 e. The molecule has 8 heteroatoms. The molecule has 0 unspecified atom stereocenters. The number of carbonyl (C=O) groups is 1. The minimum absolute atomic E-state index is 0.0433. The molecule has 1 fully saturated rings. The molecule has 1 aromatic heterocycles. The lowest BCUT2D eigenvalue weighted by molar-refractivity contribution is -0.142. The molecule has 1 saturated heterocycles. The normalized spacial score (nSPS) is 16.0. The number of nitrogens with zero attached hydrogens (tertiary/aromatic N) is 4. The standard InChI is InChI=1S/C26H33N5O3/c1-18(2)24(26(33)34-3)29-25-20-9-5-6-10-21(20)27-23(28-25)17-31-14-12-30(13-15-31)16-19-8-4-7-11-22(19)32/h4-11,18,24,32H,12-17H2,1-3H3,(H,27,28,29)/t24-/m0/s1. The summed E-state index contributed by atoms with van der Waals surface area (Å²) in [6.07, 6.45) is 0. The van der Waals surface area contributed by atoms with Gasteiger partial charge >= 0.3 is 5.97 Å². The number of benzene rings is 2. The van der Waals surface area contributed by atoms with Gasteiger partial charge in [0.15, 0.2) is 0 Å². The lowest BCUT2D eigenvalue weighted by Gasteiger charge is -2.34. The summed E-state index contributed by atoms with van der Waals surface area (Å²) in [6.45, 7) is 8.93. The molecule has 0 amide bonds. The Morgan fingerprint density at radius 2 is 1.65 bits per heavy atom. The van der Waals surface area contributed by atoms with E-state index in [0.717, 1.165) is 55.0 Å². The van der Waals surface area contributed by atoms with Crippen LogP contribution in [0.2, 0.25) is 0 Å². The Labute approximate surface area is 200 Å². The number of hydrogen-bond acceptors (Lipinski definition) is 8. The highest BCUT2D eigenvalue weighted by molar-refractivity contribution is 5.91. The number of para-hydroxylation sites is 2. The molecule has 2 N–H and O–H groups in total. The first-order valence-corrected chi connectivity index (χ1v) is 11.8. The summed E-state index contributed by atoms with van der Waals surface area (Å²) in [5, 5.41) is 14.3. The molecule has 0 spiro atoms. The Hall–Kier alpha value is -3.23. The largest absolute Gasteiger partial charge is 0.508 e. The number of methoxy groups -OCH3 is 1. The van der Waals surface area contributed by atoms with Crippen molar-refractivity contribution in [2.24, 2.45) is 5.92 Å². The monoisotopic (exact) mass is 463 g/mol. The van der Waals surface area contributed by atoms with Crippen LogP contribution in [-0.4, -0.2) is 70.2 Å². The van der Waals surface area contributed by atoms with Crippen LogP contribution in [0.15, 0.2) is 48.5 Å². The van der Waals surface area contributed by atoms with E-state index in [1.807, 2.05) is 56.3 Å². The first kappa shape index (κ1) is 23.9. The summed E-state index contributed by atoms with van der Waals surface area (Å²) in [5.74, 6) is 1.47. The van der Waals surface area contributed by atoms with Crippen molar-refractivity contribution in [3.05, 3.63) is 59.9 Å². The number of anilines is 1. The zero-order valence-electron chi connectivity index (χ0n) is 20.1. The number of aromatic hydroxyl groups is 1. The van der Waals surface area contributed by atoms with Gasteiger partial charge in [0, 0.05) is 43.7 Å². The van der Waals surface area contributed by atoms with Crippen molar-refractivity contribution < 1.29 is 14.6 Å². The number of ether oxygens (including phenoxy) is 1. The van der Waals surface area contributed by atoms with Crippen molar-refractivity contribution in [1.29, 1.82) is 0 Å². The third kappa shape index (κ3) is 5.63. The van der Waals surface area contributed by atoms with Crippen LogP contribution in [0.5, 0.6) is 5.75 Å². The summed E-state index contributed by atoms with van der Waals surface area (Å²) in [4.78, 5) is 26.6. The molecule has 3 aromatic rings. The van der Waals surface area contributed by atoms with Crippen LogP contribution in [0.3, 0.4) is 0 Å². The Morgan fingerprint density at radius 3 is 2.32 bits per heavy atom. The maximum absolute atomic E-state index is 12.3. The second-order valence-electron chi connectivity index (χ2n) is 9.08. The van der Waals surface area contributed by atoms with E-state index in [-0.39, 0.29) is 11.9 Å². The fourth-order valence-corrected chi connectivity index (χ4v) is 4.27. The summed E-state index contributed by atoms with van der Waals surface area (Å²) in [6, 6.07) is 14.9. The van der Waals surface area contributed by atoms with Gasteiger partial charge in [-0.2, -0.15) is 0 Å². The number of phenolic OH excluding ortho intramolecular Hbond substituents is 1. The molecular weight excluding hydrogens is 430 g/mol. The Morgan fingerprint density at radius 1 is 1.00 bits per heavy atom. The summed E-state index contributed by atoms with van der Waals surface area (Å²) >= 11 is 0. The molecule has 2 heterocycles. The molecule has 4 rings (SSSR count). The molecule has 34 heavy (non-hydrogen) atoms. The Bertz CT molecular complexity index is 1130. The first-order chi connectivity index (χ1) is 16.4. The molecule has 0 bridgehead atoms. The van der Waals surface area contributed by atoms with Crippen molar-refractivity contribution in [2.75, 3.05) is 38.6 Å². The lowest BCUT2D eigenvalue weighted by atomic mass is 10.0. The van der Waals surface area contributed by atoms with Gasteiger partial charge in [-0.3, -0.25) is 9.80 Å². The second kappa shape index (κ2) is 10.8. The third-order valence-corrected chi connectivity index (χ3v) is 6.28. The van der Waals surface area contributed by atoms with E-state index in [1.165, 1.54) is 7.11 Å². The van der Waals surface area contributed by atoms with Crippen LogP contribution < -0.4 is 5.32 Å². The average Bonchev–Trinajstić information content (AvgIpc) is 2.84. The average molecular weight is 464 g/mol. The van der Waals surface area contributed by atoms with Crippen LogP contribution in [-0.2, 0) is 22.6 Å². The number of esters is 1. The van der Waals surface area contributed by atoms with Crippen LogP contribution in [0, 0.1) is 5.92 Å².